The van der Waals surface area contributed by atoms with Gasteiger partial charge in [-0.1, -0.05) is 61.3 Å². The summed E-state index contributed by atoms with van der Waals surface area (Å²) in [7, 11) is 0. The molecule has 3 rings (SSSR count). The van der Waals surface area contributed by atoms with Gasteiger partial charge in [0.15, 0.2) is 0 Å². The van der Waals surface area contributed by atoms with Gasteiger partial charge in [0.25, 0.3) is 0 Å². The molecule has 2 aromatic carbocycles. The summed E-state index contributed by atoms with van der Waals surface area (Å²) >= 11 is 12.4. The van der Waals surface area contributed by atoms with Gasteiger partial charge in [0.2, 0.25) is 5.91 Å². The Morgan fingerprint density at radius 1 is 1.16 bits per heavy atom. The molecule has 0 unspecified atom stereocenters. The van der Waals surface area contributed by atoms with Crippen molar-refractivity contribution in [1.29, 1.82) is 0 Å². The second kappa shape index (κ2) is 9.60. The van der Waals surface area contributed by atoms with Crippen LogP contribution in [0.5, 0.6) is 0 Å². The molecule has 5 nitrogen and oxygen atoms in total. The van der Waals surface area contributed by atoms with Gasteiger partial charge in [-0.05, 0) is 48.2 Å². The van der Waals surface area contributed by atoms with Crippen molar-refractivity contribution in [2.75, 3.05) is 6.61 Å². The van der Waals surface area contributed by atoms with Crippen molar-refractivity contribution >= 4 is 35.1 Å². The first-order valence-electron chi connectivity index (χ1n) is 10.4. The molecule has 1 aliphatic rings. The van der Waals surface area contributed by atoms with E-state index >= 15 is 0 Å². The molecule has 31 heavy (non-hydrogen) atoms. The van der Waals surface area contributed by atoms with Crippen molar-refractivity contribution in [2.45, 2.75) is 51.1 Å². The Morgan fingerprint density at radius 2 is 1.84 bits per heavy atom. The van der Waals surface area contributed by atoms with E-state index in [4.69, 9.17) is 23.2 Å². The normalized spacial score (nSPS) is 24.8. The average molecular weight is 464 g/mol. The predicted octanol–water partition coefficient (Wildman–Crippen LogP) is 5.30. The fraction of sp³-hybridized carbons (Fsp3) is 0.417. The van der Waals surface area contributed by atoms with Gasteiger partial charge in [-0.3, -0.25) is 9.59 Å². The molecule has 1 aliphatic heterocycles. The molecule has 4 atom stereocenters. The summed E-state index contributed by atoms with van der Waals surface area (Å²) in [5.74, 6) is -1.49. The van der Waals surface area contributed by atoms with E-state index in [1.54, 1.807) is 30.0 Å². The molecule has 7 heteroatoms. The summed E-state index contributed by atoms with van der Waals surface area (Å²) in [6, 6.07) is 14.0. The molecule has 1 fully saturated rings. The third kappa shape index (κ3) is 4.89. The van der Waals surface area contributed by atoms with Gasteiger partial charge >= 0.3 is 5.97 Å². The summed E-state index contributed by atoms with van der Waals surface area (Å²) in [5.41, 5.74) is 0.700. The van der Waals surface area contributed by atoms with Crippen molar-refractivity contribution in [1.82, 2.24) is 4.90 Å². The van der Waals surface area contributed by atoms with E-state index in [2.05, 4.69) is 0 Å². The van der Waals surface area contributed by atoms with Crippen LogP contribution >= 0.6 is 23.2 Å². The van der Waals surface area contributed by atoms with Crippen LogP contribution in [0.25, 0.3) is 0 Å². The predicted molar refractivity (Wildman–Crippen MR) is 121 cm³/mol. The number of aliphatic hydroxyl groups is 1. The molecule has 0 aliphatic carbocycles. The molecular formula is C24H27Cl2NO4. The Labute approximate surface area is 192 Å². The molecule has 1 heterocycles. The highest BCUT2D eigenvalue weighted by Gasteiger charge is 2.52. The first-order chi connectivity index (χ1) is 14.7. The second-order valence-corrected chi connectivity index (χ2v) is 9.32. The summed E-state index contributed by atoms with van der Waals surface area (Å²) in [6.07, 6.45) is 0.608. The van der Waals surface area contributed by atoms with E-state index in [0.29, 0.717) is 22.9 Å². The van der Waals surface area contributed by atoms with E-state index in [1.807, 2.05) is 37.3 Å². The van der Waals surface area contributed by atoms with E-state index in [9.17, 15) is 19.8 Å². The van der Waals surface area contributed by atoms with E-state index in [-0.39, 0.29) is 30.9 Å². The lowest BCUT2D eigenvalue weighted by Gasteiger charge is -2.51. The van der Waals surface area contributed by atoms with Crippen LogP contribution in [0, 0.1) is 5.41 Å². The highest BCUT2D eigenvalue weighted by Crippen LogP contribution is 2.52. The molecule has 0 spiro atoms. The van der Waals surface area contributed by atoms with Crippen LogP contribution in [0.3, 0.4) is 0 Å². The summed E-state index contributed by atoms with van der Waals surface area (Å²) < 4.78 is 0. The van der Waals surface area contributed by atoms with Crippen LogP contribution in [-0.2, 0) is 9.59 Å². The largest absolute Gasteiger partial charge is 0.481 e. The smallest absolute Gasteiger partial charge is 0.304 e. The third-order valence-corrected chi connectivity index (χ3v) is 6.69. The number of aliphatic hydroxyl groups excluding tert-OH is 1. The fourth-order valence-corrected chi connectivity index (χ4v) is 5.02. The van der Waals surface area contributed by atoms with Gasteiger partial charge in [0, 0.05) is 16.0 Å². The van der Waals surface area contributed by atoms with Gasteiger partial charge in [-0.15, -0.1) is 0 Å². The number of piperidine rings is 1. The molecular weight excluding hydrogens is 437 g/mol. The molecule has 0 radical (unpaired) electrons. The van der Waals surface area contributed by atoms with E-state index < -0.39 is 17.4 Å². The highest BCUT2D eigenvalue weighted by molar-refractivity contribution is 6.30. The van der Waals surface area contributed by atoms with Crippen molar-refractivity contribution in [3.05, 3.63) is 69.7 Å². The van der Waals surface area contributed by atoms with Gasteiger partial charge < -0.3 is 15.1 Å². The highest BCUT2D eigenvalue weighted by atomic mass is 35.5. The maximum absolute atomic E-state index is 13.7. The zero-order valence-electron chi connectivity index (χ0n) is 17.6. The average Bonchev–Trinajstić information content (AvgIpc) is 2.72. The SMILES string of the molecule is CC[C@@H](CO)N1C(=O)[C@](C)(CC(=O)O)C[C@H](c2cccc(Cl)c2)[C@H]1c1ccc(Cl)cc1. The Bertz CT molecular complexity index is 945. The van der Waals surface area contributed by atoms with Crippen LogP contribution in [0.2, 0.25) is 10.0 Å². The molecule has 0 bridgehead atoms. The minimum atomic E-state index is -1.11. The van der Waals surface area contributed by atoms with Crippen molar-refractivity contribution < 1.29 is 19.8 Å². The lowest BCUT2D eigenvalue weighted by molar-refractivity contribution is -0.161. The molecule has 1 amide bonds. The number of amides is 1. The number of aliphatic carboxylic acids is 1. The molecule has 166 valence electrons. The standard InChI is InChI=1S/C24H27Cl2NO4/c1-3-19(14-28)27-22(15-7-9-17(25)10-8-15)20(16-5-4-6-18(26)11-16)12-24(2,23(27)31)13-21(29)30/h4-11,19-20,22,28H,3,12-14H2,1-2H3,(H,29,30)/t19-,20+,22+,24-/m0/s1. The zero-order valence-corrected chi connectivity index (χ0v) is 19.1. The Hall–Kier alpha value is -2.08. The monoisotopic (exact) mass is 463 g/mol. The van der Waals surface area contributed by atoms with Crippen LogP contribution in [-0.4, -0.2) is 39.6 Å². The third-order valence-electron chi connectivity index (χ3n) is 6.21. The van der Waals surface area contributed by atoms with Gasteiger partial charge in [0.1, 0.15) is 0 Å². The number of carbonyl (C=O) groups is 2. The number of rotatable bonds is 7. The zero-order chi connectivity index (χ0) is 22.8. The maximum Gasteiger partial charge on any atom is 0.304 e. The Kier molecular flexibility index (Phi) is 7.30. The first-order valence-corrected chi connectivity index (χ1v) is 11.1. The minimum absolute atomic E-state index is 0.206. The lowest BCUT2D eigenvalue weighted by Crippen LogP contribution is -2.56. The second-order valence-electron chi connectivity index (χ2n) is 8.45. The number of carbonyl (C=O) groups excluding carboxylic acids is 1. The van der Waals surface area contributed by atoms with Crippen molar-refractivity contribution in [3.63, 3.8) is 0 Å². The van der Waals surface area contributed by atoms with Crippen molar-refractivity contribution in [3.8, 4) is 0 Å². The molecule has 0 aromatic heterocycles. The lowest BCUT2D eigenvalue weighted by atomic mass is 9.67. The number of hydrogen-bond donors (Lipinski definition) is 2. The number of hydrogen-bond acceptors (Lipinski definition) is 3. The van der Waals surface area contributed by atoms with E-state index in [0.717, 1.165) is 11.1 Å². The Balaban J connectivity index is 2.22. The maximum atomic E-state index is 13.7. The molecule has 0 saturated carbocycles. The van der Waals surface area contributed by atoms with Crippen LogP contribution in [0.1, 0.15) is 56.2 Å². The number of likely N-dealkylation sites (tertiary alicyclic amines) is 1. The number of carboxylic acid groups (broad SMARTS) is 1. The Morgan fingerprint density at radius 3 is 2.39 bits per heavy atom. The van der Waals surface area contributed by atoms with Gasteiger partial charge in [-0.25, -0.2) is 0 Å². The quantitative estimate of drug-likeness (QED) is 0.583. The molecule has 2 N–H and O–H groups in total. The fourth-order valence-electron chi connectivity index (χ4n) is 4.69. The number of benzene rings is 2. The summed E-state index contributed by atoms with van der Waals surface area (Å²) in [6.45, 7) is 3.40. The minimum Gasteiger partial charge on any atom is -0.481 e. The van der Waals surface area contributed by atoms with Crippen LogP contribution in [0.15, 0.2) is 48.5 Å². The summed E-state index contributed by atoms with van der Waals surface area (Å²) in [4.78, 5) is 27.1. The van der Waals surface area contributed by atoms with Crippen molar-refractivity contribution in [2.24, 2.45) is 5.41 Å². The topological polar surface area (TPSA) is 77.8 Å². The van der Waals surface area contributed by atoms with Gasteiger partial charge in [0.05, 0.1) is 30.5 Å². The van der Waals surface area contributed by atoms with Gasteiger partial charge in [-0.2, -0.15) is 0 Å². The number of carboxylic acids is 1. The van der Waals surface area contributed by atoms with Crippen LogP contribution in [0.4, 0.5) is 0 Å². The van der Waals surface area contributed by atoms with Crippen LogP contribution < -0.4 is 0 Å². The summed E-state index contributed by atoms with van der Waals surface area (Å²) in [5, 5.41) is 20.8. The number of nitrogens with zero attached hydrogens (tertiary/aromatic N) is 1. The molecule has 1 saturated heterocycles. The number of halogens is 2. The molecule has 2 aromatic rings. The first kappa shape index (κ1) is 23.6. The van der Waals surface area contributed by atoms with E-state index in [1.165, 1.54) is 0 Å².